The molecule has 0 spiro atoms. The lowest BCUT2D eigenvalue weighted by atomic mass is 10.2. The van der Waals surface area contributed by atoms with Gasteiger partial charge in [-0.2, -0.15) is 0 Å². The predicted molar refractivity (Wildman–Crippen MR) is 105 cm³/mol. The van der Waals surface area contributed by atoms with Gasteiger partial charge in [0, 0.05) is 6.20 Å². The topological polar surface area (TPSA) is 97.8 Å². The SMILES string of the molecule is O=C(N[C@@H](CO)C(=O)OCc1ccccc1)c1cccnc1Oc1ccccc1. The van der Waals surface area contributed by atoms with Gasteiger partial charge in [-0.15, -0.1) is 0 Å². The fourth-order valence-corrected chi connectivity index (χ4v) is 2.49. The first-order valence-electron chi connectivity index (χ1n) is 8.97. The van der Waals surface area contributed by atoms with Gasteiger partial charge in [0.15, 0.2) is 6.04 Å². The molecular formula is C22H20N2O5. The van der Waals surface area contributed by atoms with Crippen molar-refractivity contribution in [1.29, 1.82) is 0 Å². The Labute approximate surface area is 167 Å². The van der Waals surface area contributed by atoms with Crippen LogP contribution >= 0.6 is 0 Å². The van der Waals surface area contributed by atoms with E-state index in [2.05, 4.69) is 10.3 Å². The predicted octanol–water partition coefficient (Wildman–Crippen LogP) is 2.71. The number of ether oxygens (including phenoxy) is 2. The number of nitrogens with one attached hydrogen (secondary N) is 1. The van der Waals surface area contributed by atoms with E-state index in [9.17, 15) is 14.7 Å². The monoisotopic (exact) mass is 392 g/mol. The lowest BCUT2D eigenvalue weighted by Gasteiger charge is -2.16. The number of aromatic nitrogens is 1. The molecule has 0 aliphatic rings. The molecular weight excluding hydrogens is 372 g/mol. The van der Waals surface area contributed by atoms with Crippen molar-refractivity contribution in [3.8, 4) is 11.6 Å². The van der Waals surface area contributed by atoms with Crippen LogP contribution in [0.2, 0.25) is 0 Å². The summed E-state index contributed by atoms with van der Waals surface area (Å²) in [4.78, 5) is 29.0. The maximum Gasteiger partial charge on any atom is 0.331 e. The molecule has 0 aliphatic carbocycles. The van der Waals surface area contributed by atoms with Crippen LogP contribution in [0, 0.1) is 0 Å². The van der Waals surface area contributed by atoms with Crippen molar-refractivity contribution < 1.29 is 24.2 Å². The molecule has 0 saturated heterocycles. The molecule has 0 aliphatic heterocycles. The highest BCUT2D eigenvalue weighted by Gasteiger charge is 2.24. The maximum atomic E-state index is 12.7. The lowest BCUT2D eigenvalue weighted by molar-refractivity contribution is -0.148. The molecule has 3 aromatic rings. The Kier molecular flexibility index (Phi) is 6.91. The van der Waals surface area contributed by atoms with E-state index in [0.717, 1.165) is 5.56 Å². The Morgan fingerprint density at radius 3 is 2.34 bits per heavy atom. The van der Waals surface area contributed by atoms with E-state index in [1.165, 1.54) is 12.3 Å². The number of nitrogens with zero attached hydrogens (tertiary/aromatic N) is 1. The first kappa shape index (κ1) is 20.0. The smallest absolute Gasteiger partial charge is 0.331 e. The van der Waals surface area contributed by atoms with Crippen molar-refractivity contribution in [2.24, 2.45) is 0 Å². The number of hydrogen-bond acceptors (Lipinski definition) is 6. The number of carbonyl (C=O) groups is 2. The zero-order chi connectivity index (χ0) is 20.5. The summed E-state index contributed by atoms with van der Waals surface area (Å²) in [7, 11) is 0. The van der Waals surface area contributed by atoms with E-state index in [1.807, 2.05) is 36.4 Å². The Bertz CT molecular complexity index is 948. The molecule has 1 atom stereocenters. The second kappa shape index (κ2) is 10.0. The van der Waals surface area contributed by atoms with Crippen molar-refractivity contribution in [2.45, 2.75) is 12.6 Å². The van der Waals surface area contributed by atoms with E-state index in [-0.39, 0.29) is 18.1 Å². The molecule has 7 heteroatoms. The molecule has 2 aromatic carbocycles. The van der Waals surface area contributed by atoms with E-state index in [4.69, 9.17) is 9.47 Å². The lowest BCUT2D eigenvalue weighted by Crippen LogP contribution is -2.44. The van der Waals surface area contributed by atoms with Crippen LogP contribution < -0.4 is 10.1 Å². The number of amides is 1. The number of esters is 1. The maximum absolute atomic E-state index is 12.7. The highest BCUT2D eigenvalue weighted by molar-refractivity contribution is 5.98. The Morgan fingerprint density at radius 2 is 1.66 bits per heavy atom. The van der Waals surface area contributed by atoms with E-state index in [0.29, 0.717) is 5.75 Å². The number of aliphatic hydroxyl groups is 1. The van der Waals surface area contributed by atoms with Gasteiger partial charge in [-0.25, -0.2) is 9.78 Å². The standard InChI is InChI=1S/C22H20N2O5/c25-14-19(22(27)28-15-16-8-3-1-4-9-16)24-20(26)18-12-7-13-23-21(18)29-17-10-5-2-6-11-17/h1-13,19,25H,14-15H2,(H,24,26)/t19-/m0/s1. The molecule has 0 bridgehead atoms. The summed E-state index contributed by atoms with van der Waals surface area (Å²) < 4.78 is 10.8. The third kappa shape index (κ3) is 5.63. The summed E-state index contributed by atoms with van der Waals surface area (Å²) in [6.45, 7) is -0.560. The molecule has 1 amide bonds. The first-order valence-corrected chi connectivity index (χ1v) is 8.97. The molecule has 29 heavy (non-hydrogen) atoms. The van der Waals surface area contributed by atoms with Crippen molar-refractivity contribution in [1.82, 2.24) is 10.3 Å². The van der Waals surface area contributed by atoms with Gasteiger partial charge in [0.05, 0.1) is 6.61 Å². The number of hydrogen-bond donors (Lipinski definition) is 2. The molecule has 0 saturated carbocycles. The number of rotatable bonds is 8. The average molecular weight is 392 g/mol. The van der Waals surface area contributed by atoms with E-state index < -0.39 is 24.5 Å². The molecule has 148 valence electrons. The minimum atomic E-state index is -1.21. The van der Waals surface area contributed by atoms with Crippen LogP contribution in [0.25, 0.3) is 0 Å². The fourth-order valence-electron chi connectivity index (χ4n) is 2.49. The summed E-state index contributed by atoms with van der Waals surface area (Å²) in [5.74, 6) is -0.745. The van der Waals surface area contributed by atoms with Crippen molar-refractivity contribution in [3.05, 3.63) is 90.1 Å². The summed E-state index contributed by atoms with van der Waals surface area (Å²) in [5.41, 5.74) is 0.931. The van der Waals surface area contributed by atoms with Gasteiger partial charge in [-0.3, -0.25) is 4.79 Å². The first-order chi connectivity index (χ1) is 14.2. The molecule has 0 fully saturated rings. The van der Waals surface area contributed by atoms with E-state index in [1.54, 1.807) is 30.3 Å². The molecule has 0 radical (unpaired) electrons. The minimum Gasteiger partial charge on any atom is -0.459 e. The quantitative estimate of drug-likeness (QED) is 0.572. The van der Waals surface area contributed by atoms with Crippen molar-refractivity contribution in [2.75, 3.05) is 6.61 Å². The number of carbonyl (C=O) groups excluding carboxylic acids is 2. The van der Waals surface area contributed by atoms with Crippen LogP contribution in [-0.4, -0.2) is 34.6 Å². The van der Waals surface area contributed by atoms with Crippen LogP contribution in [0.5, 0.6) is 11.6 Å². The molecule has 3 rings (SSSR count). The Hall–Kier alpha value is -3.71. The molecule has 1 aromatic heterocycles. The van der Waals surface area contributed by atoms with Crippen LogP contribution in [-0.2, 0) is 16.1 Å². The van der Waals surface area contributed by atoms with Crippen molar-refractivity contribution >= 4 is 11.9 Å². The third-order valence-electron chi connectivity index (χ3n) is 3.97. The molecule has 7 nitrogen and oxygen atoms in total. The minimum absolute atomic E-state index is 0.0430. The summed E-state index contributed by atoms with van der Waals surface area (Å²) in [6, 6.07) is 19.9. The number of benzene rings is 2. The van der Waals surface area contributed by atoms with Gasteiger partial charge in [0.25, 0.3) is 5.91 Å². The van der Waals surface area contributed by atoms with Crippen LogP contribution in [0.15, 0.2) is 79.0 Å². The zero-order valence-corrected chi connectivity index (χ0v) is 15.5. The van der Waals surface area contributed by atoms with Gasteiger partial charge < -0.3 is 19.9 Å². The van der Waals surface area contributed by atoms with Gasteiger partial charge in [-0.1, -0.05) is 48.5 Å². The number of pyridine rings is 1. The van der Waals surface area contributed by atoms with Gasteiger partial charge in [0.1, 0.15) is 17.9 Å². The Balaban J connectivity index is 1.65. The zero-order valence-electron chi connectivity index (χ0n) is 15.5. The summed E-state index contributed by atoms with van der Waals surface area (Å²) >= 11 is 0. The van der Waals surface area contributed by atoms with Crippen molar-refractivity contribution in [3.63, 3.8) is 0 Å². The van der Waals surface area contributed by atoms with Gasteiger partial charge in [0.2, 0.25) is 5.88 Å². The second-order valence-electron chi connectivity index (χ2n) is 6.07. The van der Waals surface area contributed by atoms with Crippen LogP contribution in [0.1, 0.15) is 15.9 Å². The molecule has 1 heterocycles. The Morgan fingerprint density at radius 1 is 0.966 bits per heavy atom. The highest BCUT2D eigenvalue weighted by Crippen LogP contribution is 2.22. The summed E-state index contributed by atoms with van der Waals surface area (Å²) in [6.07, 6.45) is 1.49. The fraction of sp³-hybridized carbons (Fsp3) is 0.136. The summed E-state index contributed by atoms with van der Waals surface area (Å²) in [5, 5.41) is 12.0. The highest BCUT2D eigenvalue weighted by atomic mass is 16.5. The normalized spacial score (nSPS) is 11.3. The van der Waals surface area contributed by atoms with Gasteiger partial charge in [-0.05, 0) is 29.8 Å². The van der Waals surface area contributed by atoms with Crippen LogP contribution in [0.3, 0.4) is 0 Å². The largest absolute Gasteiger partial charge is 0.459 e. The third-order valence-corrected chi connectivity index (χ3v) is 3.97. The molecule has 0 unspecified atom stereocenters. The number of aliphatic hydroxyl groups excluding tert-OH is 1. The number of para-hydroxylation sites is 1. The van der Waals surface area contributed by atoms with Gasteiger partial charge >= 0.3 is 5.97 Å². The second-order valence-corrected chi connectivity index (χ2v) is 6.07. The molecule has 2 N–H and O–H groups in total. The van der Waals surface area contributed by atoms with E-state index >= 15 is 0 Å². The van der Waals surface area contributed by atoms with Crippen LogP contribution in [0.4, 0.5) is 0 Å². The average Bonchev–Trinajstić information content (AvgIpc) is 2.77.